The molecule has 0 radical (unpaired) electrons. The summed E-state index contributed by atoms with van der Waals surface area (Å²) < 4.78 is 1.03. The van der Waals surface area contributed by atoms with Gasteiger partial charge in [-0.2, -0.15) is 0 Å². The van der Waals surface area contributed by atoms with E-state index in [1.807, 2.05) is 32.0 Å². The number of halogens is 1. The monoisotopic (exact) mass is 360 g/mol. The van der Waals surface area contributed by atoms with E-state index in [-0.39, 0.29) is 5.91 Å². The second-order valence-electron chi connectivity index (χ2n) is 4.81. The Morgan fingerprint density at radius 3 is 2.77 bits per heavy atom. The largest absolute Gasteiger partial charge is 0.347 e. The molecule has 6 heteroatoms. The number of nitrogens with zero attached hydrogens (tertiary/aromatic N) is 2. The van der Waals surface area contributed by atoms with Gasteiger partial charge in [-0.1, -0.05) is 22.0 Å². The van der Waals surface area contributed by atoms with Crippen LogP contribution in [0.4, 0.5) is 11.6 Å². The number of aromatic nitrogens is 2. The molecule has 1 heterocycles. The number of carbonyl (C=O) groups is 1. The Bertz CT molecular complexity index is 715. The minimum absolute atomic E-state index is 0.250. The fourth-order valence-corrected chi connectivity index (χ4v) is 2.09. The van der Waals surface area contributed by atoms with Crippen molar-refractivity contribution in [3.63, 3.8) is 0 Å². The molecule has 0 fully saturated rings. The summed E-state index contributed by atoms with van der Waals surface area (Å²) in [6.07, 6.45) is 1.62. The first-order valence-corrected chi connectivity index (χ1v) is 7.57. The smallest absolute Gasteiger partial charge is 0.270 e. The fourth-order valence-electron chi connectivity index (χ4n) is 1.85. The fraction of sp³-hybridized carbons (Fsp3) is 0.188. The summed E-state index contributed by atoms with van der Waals surface area (Å²) >= 11 is 3.46. The van der Waals surface area contributed by atoms with Gasteiger partial charge in [-0.3, -0.25) is 4.79 Å². The highest BCUT2D eigenvalue weighted by Crippen LogP contribution is 2.22. The number of anilines is 2. The lowest BCUT2D eigenvalue weighted by Crippen LogP contribution is -2.24. The van der Waals surface area contributed by atoms with Gasteiger partial charge in [0.05, 0.1) is 0 Å². The molecule has 1 aromatic carbocycles. The number of hydrogen-bond donors (Lipinski definition) is 2. The van der Waals surface area contributed by atoms with E-state index in [1.54, 1.807) is 12.1 Å². The molecule has 0 aliphatic rings. The van der Waals surface area contributed by atoms with Crippen molar-refractivity contribution in [2.24, 2.45) is 0 Å². The van der Waals surface area contributed by atoms with Crippen LogP contribution in [0.2, 0.25) is 0 Å². The minimum Gasteiger partial charge on any atom is -0.347 e. The molecule has 0 saturated heterocycles. The number of carbonyl (C=O) groups excluding carboxylic acids is 1. The molecule has 1 amide bonds. The van der Waals surface area contributed by atoms with Crippen LogP contribution in [-0.4, -0.2) is 22.4 Å². The Morgan fingerprint density at radius 1 is 1.32 bits per heavy atom. The van der Waals surface area contributed by atoms with Crippen LogP contribution in [0.1, 0.15) is 21.7 Å². The van der Waals surface area contributed by atoms with E-state index in [2.05, 4.69) is 43.1 Å². The Labute approximate surface area is 138 Å². The second-order valence-corrected chi connectivity index (χ2v) is 5.66. The van der Waals surface area contributed by atoms with Gasteiger partial charge in [-0.25, -0.2) is 9.97 Å². The van der Waals surface area contributed by atoms with Gasteiger partial charge < -0.3 is 10.6 Å². The van der Waals surface area contributed by atoms with E-state index in [0.29, 0.717) is 18.2 Å². The summed E-state index contributed by atoms with van der Waals surface area (Å²) in [5.41, 5.74) is 3.01. The van der Waals surface area contributed by atoms with Crippen LogP contribution in [0.25, 0.3) is 0 Å². The zero-order valence-corrected chi connectivity index (χ0v) is 14.1. The summed E-state index contributed by atoms with van der Waals surface area (Å²) in [6, 6.07) is 7.50. The molecule has 1 aromatic heterocycles. The number of aryl methyl sites for hydroxylation is 2. The van der Waals surface area contributed by atoms with Gasteiger partial charge in [0.2, 0.25) is 5.95 Å². The highest BCUT2D eigenvalue weighted by atomic mass is 79.9. The summed E-state index contributed by atoms with van der Waals surface area (Å²) in [5, 5.41) is 5.82. The summed E-state index contributed by atoms with van der Waals surface area (Å²) in [6.45, 7) is 7.79. The Hall–Kier alpha value is -2.21. The molecule has 2 N–H and O–H groups in total. The maximum Gasteiger partial charge on any atom is 0.270 e. The molecule has 2 rings (SSSR count). The van der Waals surface area contributed by atoms with Crippen molar-refractivity contribution in [3.8, 4) is 0 Å². The van der Waals surface area contributed by atoms with Crippen molar-refractivity contribution in [2.75, 3.05) is 11.9 Å². The maximum atomic E-state index is 12.0. The number of rotatable bonds is 5. The SMILES string of the molecule is C=CCNC(=O)c1cc(C)nc(Nc2ccc(Br)c(C)c2)n1. The standard InChI is InChI=1S/C16H17BrN4O/c1-4-7-18-15(22)14-9-11(3)19-16(21-14)20-12-5-6-13(17)10(2)8-12/h4-6,8-9H,1,7H2,2-3H3,(H,18,22)(H,19,20,21). The summed E-state index contributed by atoms with van der Waals surface area (Å²) in [5.74, 6) is 0.144. The van der Waals surface area contributed by atoms with Gasteiger partial charge in [0.1, 0.15) is 5.69 Å². The molecule has 22 heavy (non-hydrogen) atoms. The molecule has 5 nitrogen and oxygen atoms in total. The van der Waals surface area contributed by atoms with Crippen LogP contribution in [0, 0.1) is 13.8 Å². The van der Waals surface area contributed by atoms with Gasteiger partial charge in [0, 0.05) is 22.4 Å². The highest BCUT2D eigenvalue weighted by molar-refractivity contribution is 9.10. The van der Waals surface area contributed by atoms with Crippen molar-refractivity contribution in [1.29, 1.82) is 0 Å². The minimum atomic E-state index is -0.250. The quantitative estimate of drug-likeness (QED) is 0.800. The van der Waals surface area contributed by atoms with Crippen LogP contribution in [-0.2, 0) is 0 Å². The van der Waals surface area contributed by atoms with E-state index in [1.165, 1.54) is 0 Å². The second kappa shape index (κ2) is 7.17. The van der Waals surface area contributed by atoms with E-state index in [9.17, 15) is 4.79 Å². The average Bonchev–Trinajstić information content (AvgIpc) is 2.48. The van der Waals surface area contributed by atoms with Crippen molar-refractivity contribution in [3.05, 3.63) is 58.3 Å². The first-order chi connectivity index (χ1) is 10.5. The molecule has 0 spiro atoms. The van der Waals surface area contributed by atoms with Gasteiger partial charge in [0.15, 0.2) is 0 Å². The molecule has 0 unspecified atom stereocenters. The molecule has 0 saturated carbocycles. The highest BCUT2D eigenvalue weighted by Gasteiger charge is 2.10. The predicted molar refractivity (Wildman–Crippen MR) is 91.5 cm³/mol. The third kappa shape index (κ3) is 4.14. The van der Waals surface area contributed by atoms with Crippen molar-refractivity contribution < 1.29 is 4.79 Å². The average molecular weight is 361 g/mol. The van der Waals surface area contributed by atoms with E-state index in [0.717, 1.165) is 21.4 Å². The molecule has 0 aliphatic carbocycles. The van der Waals surface area contributed by atoms with Crippen LogP contribution < -0.4 is 10.6 Å². The molecule has 0 bridgehead atoms. The third-order valence-electron chi connectivity index (χ3n) is 2.91. The van der Waals surface area contributed by atoms with E-state index in [4.69, 9.17) is 0 Å². The maximum absolute atomic E-state index is 12.0. The lowest BCUT2D eigenvalue weighted by atomic mass is 10.2. The summed E-state index contributed by atoms with van der Waals surface area (Å²) in [4.78, 5) is 20.5. The van der Waals surface area contributed by atoms with Crippen LogP contribution in [0.3, 0.4) is 0 Å². The number of benzene rings is 1. The van der Waals surface area contributed by atoms with Crippen LogP contribution in [0.15, 0.2) is 41.4 Å². The zero-order valence-electron chi connectivity index (χ0n) is 12.5. The zero-order chi connectivity index (χ0) is 16.1. The number of amides is 1. The Balaban J connectivity index is 2.23. The van der Waals surface area contributed by atoms with Crippen molar-refractivity contribution >= 4 is 33.5 Å². The normalized spacial score (nSPS) is 10.1. The van der Waals surface area contributed by atoms with Gasteiger partial charge in [0.25, 0.3) is 5.91 Å². The third-order valence-corrected chi connectivity index (χ3v) is 3.80. The van der Waals surface area contributed by atoms with Crippen molar-refractivity contribution in [1.82, 2.24) is 15.3 Å². The van der Waals surface area contributed by atoms with Gasteiger partial charge >= 0.3 is 0 Å². The Morgan fingerprint density at radius 2 is 2.09 bits per heavy atom. The molecule has 2 aromatic rings. The predicted octanol–water partition coefficient (Wildman–Crippen LogP) is 3.52. The first-order valence-electron chi connectivity index (χ1n) is 6.77. The summed E-state index contributed by atoms with van der Waals surface area (Å²) in [7, 11) is 0. The number of nitrogens with one attached hydrogen (secondary N) is 2. The molecule has 0 atom stereocenters. The molecule has 114 valence electrons. The Kier molecular flexibility index (Phi) is 5.27. The molecular formula is C16H17BrN4O. The lowest BCUT2D eigenvalue weighted by molar-refractivity contribution is 0.0953. The van der Waals surface area contributed by atoms with E-state index < -0.39 is 0 Å². The molecule has 0 aliphatic heterocycles. The molecular weight excluding hydrogens is 344 g/mol. The first kappa shape index (κ1) is 16.2. The van der Waals surface area contributed by atoms with Gasteiger partial charge in [-0.05, 0) is 43.7 Å². The number of hydrogen-bond acceptors (Lipinski definition) is 4. The van der Waals surface area contributed by atoms with E-state index >= 15 is 0 Å². The van der Waals surface area contributed by atoms with Crippen LogP contribution >= 0.6 is 15.9 Å². The van der Waals surface area contributed by atoms with Crippen LogP contribution in [0.5, 0.6) is 0 Å². The van der Waals surface area contributed by atoms with Gasteiger partial charge in [-0.15, -0.1) is 6.58 Å². The lowest BCUT2D eigenvalue weighted by Gasteiger charge is -2.09. The topological polar surface area (TPSA) is 66.9 Å². The van der Waals surface area contributed by atoms with Crippen molar-refractivity contribution in [2.45, 2.75) is 13.8 Å².